The van der Waals surface area contributed by atoms with Crippen molar-refractivity contribution in [1.82, 2.24) is 4.98 Å². The summed E-state index contributed by atoms with van der Waals surface area (Å²) in [7, 11) is 1.47. The van der Waals surface area contributed by atoms with Crippen molar-refractivity contribution in [3.8, 4) is 5.75 Å². The Morgan fingerprint density at radius 1 is 1.55 bits per heavy atom. The number of hydrogen-bond acceptors (Lipinski definition) is 5. The number of carbonyl (C=O) groups excluding carboxylic acids is 1. The highest BCUT2D eigenvalue weighted by Crippen LogP contribution is 2.22. The van der Waals surface area contributed by atoms with Gasteiger partial charge in [0.2, 0.25) is 0 Å². The first-order valence-electron chi connectivity index (χ1n) is 5.87. The van der Waals surface area contributed by atoms with E-state index in [0.29, 0.717) is 10.8 Å². The van der Waals surface area contributed by atoms with E-state index in [1.807, 2.05) is 0 Å². The fourth-order valence-electron chi connectivity index (χ4n) is 1.51. The molecule has 0 aliphatic carbocycles. The first-order chi connectivity index (χ1) is 9.51. The minimum atomic E-state index is -0.540. The van der Waals surface area contributed by atoms with Gasteiger partial charge in [0.05, 0.1) is 18.8 Å². The quantitative estimate of drug-likeness (QED) is 0.908. The predicted octanol–water partition coefficient (Wildman–Crippen LogP) is 2.56. The molecule has 1 aromatic carbocycles. The number of nitrogens with two attached hydrogens (primary N) is 1. The number of nitrogens with zero attached hydrogens (tertiary/aromatic N) is 1. The molecule has 1 aromatic heterocycles. The highest BCUT2D eigenvalue weighted by molar-refractivity contribution is 7.09. The third kappa shape index (κ3) is 3.12. The van der Waals surface area contributed by atoms with Gasteiger partial charge in [-0.1, -0.05) is 0 Å². The second-order valence-electron chi connectivity index (χ2n) is 4.16. The molecule has 0 spiro atoms. The van der Waals surface area contributed by atoms with Crippen LogP contribution in [0, 0.1) is 5.82 Å². The summed E-state index contributed by atoms with van der Waals surface area (Å²) in [6.45, 7) is 1.78. The van der Waals surface area contributed by atoms with Crippen molar-refractivity contribution in [2.45, 2.75) is 13.0 Å². The molecule has 0 bridgehead atoms. The van der Waals surface area contributed by atoms with E-state index in [2.05, 4.69) is 10.3 Å². The van der Waals surface area contributed by atoms with Gasteiger partial charge in [-0.2, -0.15) is 0 Å². The van der Waals surface area contributed by atoms with Crippen LogP contribution in [0.15, 0.2) is 23.6 Å². The zero-order valence-corrected chi connectivity index (χ0v) is 11.8. The van der Waals surface area contributed by atoms with Crippen LogP contribution in [-0.2, 0) is 0 Å². The molecule has 1 atom stereocenters. The zero-order chi connectivity index (χ0) is 14.7. The first-order valence-corrected chi connectivity index (χ1v) is 6.75. The van der Waals surface area contributed by atoms with Crippen molar-refractivity contribution in [3.05, 3.63) is 40.1 Å². The van der Waals surface area contributed by atoms with E-state index in [4.69, 9.17) is 10.5 Å². The lowest BCUT2D eigenvalue weighted by atomic mass is 10.2. The van der Waals surface area contributed by atoms with Crippen LogP contribution >= 0.6 is 11.3 Å². The van der Waals surface area contributed by atoms with E-state index in [9.17, 15) is 9.18 Å². The number of carbonyl (C=O) groups is 1. The van der Waals surface area contributed by atoms with E-state index in [1.165, 1.54) is 36.6 Å². The second-order valence-corrected chi connectivity index (χ2v) is 5.05. The summed E-state index contributed by atoms with van der Waals surface area (Å²) in [6, 6.07) is 3.87. The van der Waals surface area contributed by atoms with Crippen LogP contribution in [0.3, 0.4) is 0 Å². The number of benzene rings is 1. The molecule has 3 N–H and O–H groups in total. The van der Waals surface area contributed by atoms with Gasteiger partial charge in [-0.3, -0.25) is 4.79 Å². The molecule has 0 saturated carbocycles. The van der Waals surface area contributed by atoms with Gasteiger partial charge in [-0.25, -0.2) is 9.37 Å². The molecular formula is C13H14FN3O2S. The zero-order valence-electron chi connectivity index (χ0n) is 11.0. The Kier molecular flexibility index (Phi) is 4.31. The van der Waals surface area contributed by atoms with E-state index in [-0.39, 0.29) is 17.4 Å². The summed E-state index contributed by atoms with van der Waals surface area (Å²) in [5.41, 5.74) is 5.94. The summed E-state index contributed by atoms with van der Waals surface area (Å²) >= 11 is 1.29. The van der Waals surface area contributed by atoms with Gasteiger partial charge >= 0.3 is 0 Å². The van der Waals surface area contributed by atoms with Gasteiger partial charge in [0.15, 0.2) is 0 Å². The fraction of sp³-hybridized carbons (Fsp3) is 0.231. The average molecular weight is 295 g/mol. The fourth-order valence-corrected chi connectivity index (χ4v) is 2.27. The first kappa shape index (κ1) is 14.4. The van der Waals surface area contributed by atoms with Gasteiger partial charge in [0.1, 0.15) is 22.3 Å². The summed E-state index contributed by atoms with van der Waals surface area (Å²) < 4.78 is 18.6. The molecule has 1 unspecified atom stereocenters. The summed E-state index contributed by atoms with van der Waals surface area (Å²) in [4.78, 5) is 16.1. The number of anilines is 1. The molecule has 0 aliphatic heterocycles. The largest absolute Gasteiger partial charge is 0.497 e. The SMILES string of the molecule is COc1ccc(F)c(NC(=O)c2csc(C(C)N)n2)c1. The van der Waals surface area contributed by atoms with Crippen molar-refractivity contribution in [2.75, 3.05) is 12.4 Å². The highest BCUT2D eigenvalue weighted by Gasteiger charge is 2.15. The molecule has 0 fully saturated rings. The summed E-state index contributed by atoms with van der Waals surface area (Å²) in [6.07, 6.45) is 0. The molecule has 0 aliphatic rings. The monoisotopic (exact) mass is 295 g/mol. The molecule has 106 valence electrons. The third-order valence-electron chi connectivity index (χ3n) is 2.57. The van der Waals surface area contributed by atoms with Crippen LogP contribution in [0.2, 0.25) is 0 Å². The van der Waals surface area contributed by atoms with Crippen LogP contribution in [0.4, 0.5) is 10.1 Å². The lowest BCUT2D eigenvalue weighted by Crippen LogP contribution is -2.14. The van der Waals surface area contributed by atoms with E-state index in [0.717, 1.165) is 0 Å². The van der Waals surface area contributed by atoms with Crippen molar-refractivity contribution < 1.29 is 13.9 Å². The summed E-state index contributed by atoms with van der Waals surface area (Å²) in [5.74, 6) is -0.571. The van der Waals surface area contributed by atoms with Gasteiger partial charge < -0.3 is 15.8 Å². The maximum Gasteiger partial charge on any atom is 0.275 e. The number of methoxy groups -OCH3 is 1. The minimum Gasteiger partial charge on any atom is -0.497 e. The topological polar surface area (TPSA) is 77.2 Å². The standard InChI is InChI=1S/C13H14FN3O2S/c1-7(15)13-17-11(6-20-13)12(18)16-10-5-8(19-2)3-4-9(10)14/h3-7H,15H2,1-2H3,(H,16,18). The average Bonchev–Trinajstić information content (AvgIpc) is 2.91. The number of nitrogens with one attached hydrogen (secondary N) is 1. The number of hydrogen-bond donors (Lipinski definition) is 2. The Balaban J connectivity index is 2.18. The van der Waals surface area contributed by atoms with Crippen molar-refractivity contribution in [3.63, 3.8) is 0 Å². The van der Waals surface area contributed by atoms with Crippen LogP contribution in [0.25, 0.3) is 0 Å². The Morgan fingerprint density at radius 3 is 2.90 bits per heavy atom. The minimum absolute atomic E-state index is 0.0460. The third-order valence-corrected chi connectivity index (χ3v) is 3.61. The molecule has 0 saturated heterocycles. The van der Waals surface area contributed by atoms with Crippen LogP contribution in [-0.4, -0.2) is 18.0 Å². The Hall–Kier alpha value is -1.99. The Morgan fingerprint density at radius 2 is 2.30 bits per heavy atom. The van der Waals surface area contributed by atoms with E-state index < -0.39 is 11.7 Å². The van der Waals surface area contributed by atoms with Gasteiger partial charge in [0, 0.05) is 11.4 Å². The number of amides is 1. The number of rotatable bonds is 4. The number of aromatic nitrogens is 1. The van der Waals surface area contributed by atoms with Crippen LogP contribution < -0.4 is 15.8 Å². The Bertz CT molecular complexity index is 628. The maximum absolute atomic E-state index is 13.6. The summed E-state index contributed by atoms with van der Waals surface area (Å²) in [5, 5.41) is 4.71. The smallest absolute Gasteiger partial charge is 0.275 e. The maximum atomic E-state index is 13.6. The molecule has 5 nitrogen and oxygen atoms in total. The van der Waals surface area contributed by atoms with Gasteiger partial charge in [0.25, 0.3) is 5.91 Å². The number of halogens is 1. The second kappa shape index (κ2) is 5.98. The van der Waals surface area contributed by atoms with E-state index in [1.54, 1.807) is 12.3 Å². The molecule has 1 amide bonds. The lowest BCUT2D eigenvalue weighted by Gasteiger charge is -2.07. The van der Waals surface area contributed by atoms with Crippen molar-refractivity contribution in [2.24, 2.45) is 5.73 Å². The predicted molar refractivity (Wildman–Crippen MR) is 75.6 cm³/mol. The molecule has 0 radical (unpaired) electrons. The molecule has 2 aromatic rings. The van der Waals surface area contributed by atoms with Gasteiger partial charge in [-0.05, 0) is 19.1 Å². The Labute approximate surface area is 119 Å². The molecule has 2 rings (SSSR count). The van der Waals surface area contributed by atoms with Gasteiger partial charge in [-0.15, -0.1) is 11.3 Å². The van der Waals surface area contributed by atoms with Crippen LogP contribution in [0.1, 0.15) is 28.5 Å². The lowest BCUT2D eigenvalue weighted by molar-refractivity contribution is 0.102. The van der Waals surface area contributed by atoms with Crippen LogP contribution in [0.5, 0.6) is 5.75 Å². The molecular weight excluding hydrogens is 281 g/mol. The normalized spacial score (nSPS) is 12.0. The van der Waals surface area contributed by atoms with Crippen molar-refractivity contribution in [1.29, 1.82) is 0 Å². The van der Waals surface area contributed by atoms with Crippen molar-refractivity contribution >= 4 is 22.9 Å². The van der Waals surface area contributed by atoms with E-state index >= 15 is 0 Å². The number of thiazole rings is 1. The molecule has 20 heavy (non-hydrogen) atoms. The molecule has 1 heterocycles. The number of ether oxygens (including phenoxy) is 1. The highest BCUT2D eigenvalue weighted by atomic mass is 32.1. The molecule has 7 heteroatoms.